The number of unbranched alkanes of at least 4 members (excludes halogenated alkanes) is 2. The minimum atomic E-state index is 0.122. The van der Waals surface area contributed by atoms with Crippen molar-refractivity contribution in [3.8, 4) is 17.0 Å². The maximum absolute atomic E-state index is 12.2. The van der Waals surface area contributed by atoms with Crippen molar-refractivity contribution in [3.05, 3.63) is 54.1 Å². The van der Waals surface area contributed by atoms with Crippen LogP contribution in [0.1, 0.15) is 38.2 Å². The van der Waals surface area contributed by atoms with Gasteiger partial charge in [-0.05, 0) is 54.3 Å². The number of rotatable bonds is 9. The van der Waals surface area contributed by atoms with E-state index in [0.29, 0.717) is 12.8 Å². The van der Waals surface area contributed by atoms with E-state index < -0.39 is 0 Å². The summed E-state index contributed by atoms with van der Waals surface area (Å²) in [5.41, 5.74) is 4.48. The van der Waals surface area contributed by atoms with Gasteiger partial charge < -0.3 is 15.0 Å². The zero-order valence-electron chi connectivity index (χ0n) is 16.2. The Labute approximate surface area is 160 Å². The van der Waals surface area contributed by atoms with E-state index in [1.54, 1.807) is 7.11 Å². The fourth-order valence-corrected chi connectivity index (χ4v) is 3.39. The Morgan fingerprint density at radius 2 is 1.85 bits per heavy atom. The molecule has 1 heterocycles. The average molecular weight is 364 g/mol. The molecule has 2 aromatic carbocycles. The number of aromatic amines is 1. The highest BCUT2D eigenvalue weighted by atomic mass is 16.5. The molecule has 1 amide bonds. The molecule has 0 radical (unpaired) electrons. The lowest BCUT2D eigenvalue weighted by atomic mass is 10.0. The van der Waals surface area contributed by atoms with Crippen LogP contribution in [-0.4, -0.2) is 24.5 Å². The van der Waals surface area contributed by atoms with Crippen LogP contribution in [0.2, 0.25) is 0 Å². The third-order valence-electron chi connectivity index (χ3n) is 4.90. The zero-order valence-corrected chi connectivity index (χ0v) is 16.2. The summed E-state index contributed by atoms with van der Waals surface area (Å²) in [7, 11) is 1.67. The van der Waals surface area contributed by atoms with Gasteiger partial charge in [-0.15, -0.1) is 0 Å². The SMILES string of the molecule is CCCCCNC(=O)CCc1c(-c2ccc(OC)cc2)[nH]c2ccccc12. The summed E-state index contributed by atoms with van der Waals surface area (Å²) in [5, 5.41) is 4.22. The number of carbonyl (C=O) groups is 1. The van der Waals surface area contributed by atoms with Gasteiger partial charge >= 0.3 is 0 Å². The van der Waals surface area contributed by atoms with Gasteiger partial charge in [-0.25, -0.2) is 0 Å². The first-order chi connectivity index (χ1) is 13.2. The Kier molecular flexibility index (Phi) is 6.53. The van der Waals surface area contributed by atoms with Crippen molar-refractivity contribution in [2.45, 2.75) is 39.0 Å². The number of carbonyl (C=O) groups excluding carboxylic acids is 1. The number of aryl methyl sites for hydroxylation is 1. The smallest absolute Gasteiger partial charge is 0.220 e. The standard InChI is InChI=1S/C23H28N2O2/c1-3-4-7-16-24-22(26)15-14-20-19-8-5-6-9-21(19)25-23(20)17-10-12-18(27-2)13-11-17/h5-6,8-13,25H,3-4,7,14-16H2,1-2H3,(H,24,26). The van der Waals surface area contributed by atoms with Gasteiger partial charge in [0.15, 0.2) is 0 Å². The van der Waals surface area contributed by atoms with Crippen LogP contribution in [0.4, 0.5) is 0 Å². The van der Waals surface area contributed by atoms with Crippen LogP contribution in [0.3, 0.4) is 0 Å². The second kappa shape index (κ2) is 9.26. The molecule has 1 aromatic heterocycles. The monoisotopic (exact) mass is 364 g/mol. The van der Waals surface area contributed by atoms with Crippen molar-refractivity contribution in [1.29, 1.82) is 0 Å². The van der Waals surface area contributed by atoms with Crippen molar-refractivity contribution >= 4 is 16.8 Å². The highest BCUT2D eigenvalue weighted by Crippen LogP contribution is 2.32. The number of ether oxygens (including phenoxy) is 1. The molecule has 0 unspecified atom stereocenters. The van der Waals surface area contributed by atoms with Crippen LogP contribution in [0.5, 0.6) is 5.75 Å². The Balaban J connectivity index is 1.79. The molecular formula is C23H28N2O2. The minimum absolute atomic E-state index is 0.122. The molecule has 2 N–H and O–H groups in total. The average Bonchev–Trinajstić information content (AvgIpc) is 3.08. The number of aromatic nitrogens is 1. The summed E-state index contributed by atoms with van der Waals surface area (Å²) in [4.78, 5) is 15.8. The van der Waals surface area contributed by atoms with Gasteiger partial charge in [-0.2, -0.15) is 0 Å². The lowest BCUT2D eigenvalue weighted by Crippen LogP contribution is -2.24. The minimum Gasteiger partial charge on any atom is -0.497 e. The fraction of sp³-hybridized carbons (Fsp3) is 0.348. The summed E-state index contributed by atoms with van der Waals surface area (Å²) >= 11 is 0. The van der Waals surface area contributed by atoms with Crippen molar-refractivity contribution in [3.63, 3.8) is 0 Å². The summed E-state index contributed by atoms with van der Waals surface area (Å²) in [6.07, 6.45) is 4.58. The molecule has 4 heteroatoms. The Bertz CT molecular complexity index is 881. The molecule has 3 aromatic rings. The van der Waals surface area contributed by atoms with E-state index in [1.165, 1.54) is 10.9 Å². The van der Waals surface area contributed by atoms with Gasteiger partial charge in [-0.1, -0.05) is 38.0 Å². The molecule has 0 spiro atoms. The highest BCUT2D eigenvalue weighted by molar-refractivity contribution is 5.91. The summed E-state index contributed by atoms with van der Waals surface area (Å²) in [6.45, 7) is 2.94. The maximum atomic E-state index is 12.2. The third-order valence-corrected chi connectivity index (χ3v) is 4.90. The molecule has 27 heavy (non-hydrogen) atoms. The second-order valence-corrected chi connectivity index (χ2v) is 6.81. The molecule has 0 aliphatic rings. The Morgan fingerprint density at radius 1 is 1.07 bits per heavy atom. The van der Waals surface area contributed by atoms with Gasteiger partial charge in [0.05, 0.1) is 7.11 Å². The number of benzene rings is 2. The maximum Gasteiger partial charge on any atom is 0.220 e. The number of hydrogen-bond donors (Lipinski definition) is 2. The summed E-state index contributed by atoms with van der Waals surface area (Å²) in [6, 6.07) is 16.3. The van der Waals surface area contributed by atoms with E-state index in [1.807, 2.05) is 24.3 Å². The summed E-state index contributed by atoms with van der Waals surface area (Å²) in [5.74, 6) is 0.958. The molecule has 0 saturated carbocycles. The van der Waals surface area contributed by atoms with Gasteiger partial charge in [0, 0.05) is 29.6 Å². The van der Waals surface area contributed by atoms with E-state index in [0.717, 1.165) is 48.3 Å². The number of H-pyrrole nitrogens is 1. The van der Waals surface area contributed by atoms with E-state index in [9.17, 15) is 4.79 Å². The first kappa shape index (κ1) is 19.0. The van der Waals surface area contributed by atoms with Crippen LogP contribution in [0.25, 0.3) is 22.2 Å². The molecule has 0 saturated heterocycles. The molecule has 0 atom stereocenters. The Morgan fingerprint density at radius 3 is 2.59 bits per heavy atom. The van der Waals surface area contributed by atoms with Crippen molar-refractivity contribution < 1.29 is 9.53 Å². The van der Waals surface area contributed by atoms with Gasteiger partial charge in [0.1, 0.15) is 5.75 Å². The third kappa shape index (κ3) is 4.70. The number of nitrogens with one attached hydrogen (secondary N) is 2. The molecule has 0 aliphatic carbocycles. The molecule has 3 rings (SSSR count). The molecule has 0 aliphatic heterocycles. The van der Waals surface area contributed by atoms with Crippen molar-refractivity contribution in [2.24, 2.45) is 0 Å². The fourth-order valence-electron chi connectivity index (χ4n) is 3.39. The van der Waals surface area contributed by atoms with Crippen LogP contribution < -0.4 is 10.1 Å². The van der Waals surface area contributed by atoms with E-state index >= 15 is 0 Å². The summed E-state index contributed by atoms with van der Waals surface area (Å²) < 4.78 is 5.26. The predicted octanol–water partition coefficient (Wildman–Crippen LogP) is 5.08. The Hall–Kier alpha value is -2.75. The van der Waals surface area contributed by atoms with Crippen molar-refractivity contribution in [1.82, 2.24) is 10.3 Å². The molecule has 0 bridgehead atoms. The van der Waals surface area contributed by atoms with E-state index in [-0.39, 0.29) is 5.91 Å². The van der Waals surface area contributed by atoms with E-state index in [2.05, 4.69) is 41.5 Å². The van der Waals surface area contributed by atoms with Crippen molar-refractivity contribution in [2.75, 3.05) is 13.7 Å². The van der Waals surface area contributed by atoms with Crippen LogP contribution >= 0.6 is 0 Å². The zero-order chi connectivity index (χ0) is 19.1. The largest absolute Gasteiger partial charge is 0.497 e. The lowest BCUT2D eigenvalue weighted by Gasteiger charge is -2.08. The normalized spacial score (nSPS) is 10.9. The number of para-hydroxylation sites is 1. The number of methoxy groups -OCH3 is 1. The quantitative estimate of drug-likeness (QED) is 0.520. The van der Waals surface area contributed by atoms with E-state index in [4.69, 9.17) is 4.74 Å². The van der Waals surface area contributed by atoms with Gasteiger partial charge in [0.2, 0.25) is 5.91 Å². The number of hydrogen-bond acceptors (Lipinski definition) is 2. The second-order valence-electron chi connectivity index (χ2n) is 6.81. The first-order valence-electron chi connectivity index (χ1n) is 9.73. The highest BCUT2D eigenvalue weighted by Gasteiger charge is 2.14. The topological polar surface area (TPSA) is 54.1 Å². The number of fused-ring (bicyclic) bond motifs is 1. The number of amides is 1. The molecule has 0 fully saturated rings. The predicted molar refractivity (Wildman–Crippen MR) is 111 cm³/mol. The van der Waals surface area contributed by atoms with Gasteiger partial charge in [0.25, 0.3) is 0 Å². The van der Waals surface area contributed by atoms with Crippen LogP contribution in [0.15, 0.2) is 48.5 Å². The lowest BCUT2D eigenvalue weighted by molar-refractivity contribution is -0.121. The molecular weight excluding hydrogens is 336 g/mol. The van der Waals surface area contributed by atoms with Gasteiger partial charge in [-0.3, -0.25) is 4.79 Å². The van der Waals surface area contributed by atoms with Crippen LogP contribution in [0, 0.1) is 0 Å². The first-order valence-corrected chi connectivity index (χ1v) is 9.73. The molecule has 142 valence electrons. The van der Waals surface area contributed by atoms with Crippen LogP contribution in [-0.2, 0) is 11.2 Å². The molecule has 4 nitrogen and oxygen atoms in total.